The Morgan fingerprint density at radius 1 is 0.972 bits per heavy atom. The molecule has 1 amide bonds. The van der Waals surface area contributed by atoms with E-state index in [1.807, 2.05) is 0 Å². The molecule has 0 saturated heterocycles. The number of nitrogens with one attached hydrogen (secondary N) is 1. The van der Waals surface area contributed by atoms with Gasteiger partial charge in [-0.25, -0.2) is 8.78 Å². The maximum atomic E-state index is 14.9. The zero-order chi connectivity index (χ0) is 25.7. The second kappa shape index (κ2) is 10.8. The molecule has 0 atom stereocenters. The number of methoxy groups -OCH3 is 2. The number of pyridine rings is 2. The Labute approximate surface area is 204 Å². The van der Waals surface area contributed by atoms with E-state index in [-0.39, 0.29) is 36.0 Å². The third kappa shape index (κ3) is 5.10. The number of anilines is 1. The summed E-state index contributed by atoms with van der Waals surface area (Å²) in [6.45, 7) is -0.204. The van der Waals surface area contributed by atoms with Crippen LogP contribution < -0.4 is 24.3 Å². The Kier molecular flexibility index (Phi) is 7.40. The molecule has 0 saturated carbocycles. The highest BCUT2D eigenvalue weighted by atomic mass is 19.1. The van der Waals surface area contributed by atoms with E-state index in [9.17, 15) is 13.6 Å². The van der Waals surface area contributed by atoms with Gasteiger partial charge < -0.3 is 29.4 Å². The molecule has 36 heavy (non-hydrogen) atoms. The van der Waals surface area contributed by atoms with Crippen molar-refractivity contribution in [1.82, 2.24) is 9.97 Å². The molecule has 0 spiro atoms. The largest absolute Gasteiger partial charge is 0.496 e. The molecular formula is C25H21F2N3O6. The van der Waals surface area contributed by atoms with Gasteiger partial charge >= 0.3 is 0 Å². The second-order valence-electron chi connectivity index (χ2n) is 7.30. The number of aromatic nitrogens is 2. The molecule has 0 unspecified atom stereocenters. The number of carbonyl (C=O) groups is 1. The van der Waals surface area contributed by atoms with Crippen LogP contribution >= 0.6 is 0 Å². The minimum Gasteiger partial charge on any atom is -0.496 e. The lowest BCUT2D eigenvalue weighted by Gasteiger charge is -2.15. The summed E-state index contributed by atoms with van der Waals surface area (Å²) in [6, 6.07) is 7.91. The molecule has 4 aromatic rings. The molecule has 4 rings (SSSR count). The number of aliphatic hydroxyl groups excluding tert-OH is 1. The van der Waals surface area contributed by atoms with Crippen molar-refractivity contribution in [3.05, 3.63) is 72.2 Å². The van der Waals surface area contributed by atoms with Crippen molar-refractivity contribution in [2.45, 2.75) is 0 Å². The Hall–Kier alpha value is -4.51. The Bertz CT molecular complexity index is 1390. The van der Waals surface area contributed by atoms with Crippen LogP contribution in [0.2, 0.25) is 0 Å². The number of nitrogens with zero attached hydrogens (tertiary/aromatic N) is 2. The van der Waals surface area contributed by atoms with E-state index < -0.39 is 23.3 Å². The molecule has 2 aromatic carbocycles. The number of hydrogen-bond donors (Lipinski definition) is 2. The van der Waals surface area contributed by atoms with Gasteiger partial charge in [0.1, 0.15) is 18.1 Å². The molecule has 0 radical (unpaired) electrons. The van der Waals surface area contributed by atoms with Crippen LogP contribution in [0.25, 0.3) is 10.9 Å². The molecule has 2 N–H and O–H groups in total. The highest BCUT2D eigenvalue weighted by molar-refractivity contribution is 6.06. The van der Waals surface area contributed by atoms with Crippen LogP contribution in [0.15, 0.2) is 55.0 Å². The summed E-state index contributed by atoms with van der Waals surface area (Å²) in [6.07, 6.45) is 4.14. The Balaban J connectivity index is 1.64. The van der Waals surface area contributed by atoms with E-state index in [1.165, 1.54) is 51.0 Å². The third-order valence-corrected chi connectivity index (χ3v) is 5.05. The van der Waals surface area contributed by atoms with Crippen molar-refractivity contribution in [2.24, 2.45) is 0 Å². The minimum atomic E-state index is -1.04. The smallest absolute Gasteiger partial charge is 0.261 e. The lowest BCUT2D eigenvalue weighted by Crippen LogP contribution is -2.14. The van der Waals surface area contributed by atoms with Crippen LogP contribution in [0.4, 0.5) is 14.5 Å². The van der Waals surface area contributed by atoms with Crippen molar-refractivity contribution < 1.29 is 37.6 Å². The summed E-state index contributed by atoms with van der Waals surface area (Å²) in [5.74, 6) is -2.40. The number of benzene rings is 2. The lowest BCUT2D eigenvalue weighted by atomic mass is 10.1. The minimum absolute atomic E-state index is 0.0136. The van der Waals surface area contributed by atoms with Gasteiger partial charge in [0.05, 0.1) is 31.9 Å². The predicted octanol–water partition coefficient (Wildman–Crippen LogP) is 4.34. The van der Waals surface area contributed by atoms with Crippen LogP contribution in [-0.4, -0.2) is 48.4 Å². The first-order chi connectivity index (χ1) is 17.4. The number of rotatable bonds is 9. The summed E-state index contributed by atoms with van der Waals surface area (Å²) in [7, 11) is 2.83. The van der Waals surface area contributed by atoms with Crippen molar-refractivity contribution in [1.29, 1.82) is 0 Å². The quantitative estimate of drug-likeness (QED) is 0.351. The monoisotopic (exact) mass is 497 g/mol. The van der Waals surface area contributed by atoms with Gasteiger partial charge in [-0.05, 0) is 18.2 Å². The summed E-state index contributed by atoms with van der Waals surface area (Å²) in [5.41, 5.74) is 0.395. The first-order valence-corrected chi connectivity index (χ1v) is 10.6. The van der Waals surface area contributed by atoms with Gasteiger partial charge in [-0.3, -0.25) is 14.8 Å². The number of amides is 1. The van der Waals surface area contributed by atoms with Gasteiger partial charge in [-0.2, -0.15) is 0 Å². The van der Waals surface area contributed by atoms with Crippen LogP contribution in [-0.2, 0) is 0 Å². The first-order valence-electron chi connectivity index (χ1n) is 10.6. The van der Waals surface area contributed by atoms with Crippen molar-refractivity contribution in [2.75, 3.05) is 32.8 Å². The highest BCUT2D eigenvalue weighted by Gasteiger charge is 2.19. The normalized spacial score (nSPS) is 10.7. The van der Waals surface area contributed by atoms with E-state index in [2.05, 4.69) is 15.3 Å². The summed E-state index contributed by atoms with van der Waals surface area (Å²) >= 11 is 0. The summed E-state index contributed by atoms with van der Waals surface area (Å²) < 4.78 is 51.3. The molecule has 9 nitrogen and oxygen atoms in total. The van der Waals surface area contributed by atoms with E-state index in [4.69, 9.17) is 24.1 Å². The van der Waals surface area contributed by atoms with Crippen LogP contribution in [0.3, 0.4) is 0 Å². The molecule has 2 aromatic heterocycles. The number of fused-ring (bicyclic) bond motifs is 1. The van der Waals surface area contributed by atoms with E-state index in [1.54, 1.807) is 6.07 Å². The SMILES string of the molecule is COc1cc2nccc(Oc3c(F)cc(NC(=O)c4cnccc4OC)cc3F)c2cc1OCCO. The maximum absolute atomic E-state index is 14.9. The summed E-state index contributed by atoms with van der Waals surface area (Å²) in [4.78, 5) is 20.6. The fraction of sp³-hybridized carbons (Fsp3) is 0.160. The van der Waals surface area contributed by atoms with Crippen molar-refractivity contribution in [3.63, 3.8) is 0 Å². The van der Waals surface area contributed by atoms with Crippen LogP contribution in [0, 0.1) is 11.6 Å². The number of ether oxygens (including phenoxy) is 4. The zero-order valence-electron chi connectivity index (χ0n) is 19.2. The fourth-order valence-corrected chi connectivity index (χ4v) is 3.41. The van der Waals surface area contributed by atoms with Gasteiger partial charge in [-0.15, -0.1) is 0 Å². The van der Waals surface area contributed by atoms with Gasteiger partial charge in [-0.1, -0.05) is 0 Å². The molecule has 0 aliphatic carbocycles. The Morgan fingerprint density at radius 3 is 2.39 bits per heavy atom. The van der Waals surface area contributed by atoms with Gasteiger partial charge in [0.2, 0.25) is 0 Å². The molecule has 0 bridgehead atoms. The third-order valence-electron chi connectivity index (χ3n) is 5.05. The van der Waals surface area contributed by atoms with Gasteiger partial charge in [0.25, 0.3) is 5.91 Å². The number of aliphatic hydroxyl groups is 1. The number of carbonyl (C=O) groups excluding carboxylic acids is 1. The average molecular weight is 497 g/mol. The molecular weight excluding hydrogens is 476 g/mol. The predicted molar refractivity (Wildman–Crippen MR) is 126 cm³/mol. The van der Waals surface area contributed by atoms with Gasteiger partial charge in [0.15, 0.2) is 28.9 Å². The van der Waals surface area contributed by atoms with Crippen LogP contribution in [0.1, 0.15) is 10.4 Å². The maximum Gasteiger partial charge on any atom is 0.261 e. The molecule has 11 heteroatoms. The number of halogens is 2. The number of hydrogen-bond acceptors (Lipinski definition) is 8. The van der Waals surface area contributed by atoms with Gasteiger partial charge in [0, 0.05) is 47.9 Å². The standard InChI is InChI=1S/C25H21F2N3O6/c1-33-20-3-5-28-13-16(20)25(32)30-14-9-17(26)24(18(27)10-14)36-21-4-6-29-19-12-22(34-2)23(11-15(19)21)35-8-7-31/h3-6,9-13,31H,7-8H2,1-2H3,(H,30,32). The topological polar surface area (TPSA) is 112 Å². The van der Waals surface area contributed by atoms with Crippen LogP contribution in [0.5, 0.6) is 28.7 Å². The van der Waals surface area contributed by atoms with Crippen molar-refractivity contribution >= 4 is 22.5 Å². The molecule has 0 aliphatic rings. The highest BCUT2D eigenvalue weighted by Crippen LogP contribution is 2.38. The second-order valence-corrected chi connectivity index (χ2v) is 7.30. The molecule has 2 heterocycles. The molecule has 0 aliphatic heterocycles. The zero-order valence-corrected chi connectivity index (χ0v) is 19.2. The van der Waals surface area contributed by atoms with E-state index in [0.717, 1.165) is 12.1 Å². The average Bonchev–Trinajstić information content (AvgIpc) is 2.88. The lowest BCUT2D eigenvalue weighted by molar-refractivity contribution is 0.102. The van der Waals surface area contributed by atoms with Crippen molar-refractivity contribution in [3.8, 4) is 28.7 Å². The van der Waals surface area contributed by atoms with E-state index in [0.29, 0.717) is 22.4 Å². The Morgan fingerprint density at radius 2 is 1.69 bits per heavy atom. The summed E-state index contributed by atoms with van der Waals surface area (Å²) in [5, 5.41) is 11.9. The molecule has 0 fully saturated rings. The fourth-order valence-electron chi connectivity index (χ4n) is 3.41. The molecule has 186 valence electrons. The van der Waals surface area contributed by atoms with E-state index >= 15 is 0 Å². The first kappa shape index (κ1) is 24.6.